The van der Waals surface area contributed by atoms with Crippen molar-refractivity contribution in [3.63, 3.8) is 0 Å². The zero-order chi connectivity index (χ0) is 10.8. The molecular formula is C12H13IN2. The molecule has 1 aromatic heterocycles. The zero-order valence-electron chi connectivity index (χ0n) is 8.87. The third-order valence-electron chi connectivity index (χ3n) is 2.23. The molecule has 0 atom stereocenters. The number of aryl methyl sites for hydroxylation is 2. The molecule has 0 unspecified atom stereocenters. The number of rotatable bonds is 2. The van der Waals surface area contributed by atoms with Crippen LogP contribution in [0.5, 0.6) is 0 Å². The van der Waals surface area contributed by atoms with Gasteiger partial charge in [0, 0.05) is 6.20 Å². The summed E-state index contributed by atoms with van der Waals surface area (Å²) < 4.78 is 3.15. The van der Waals surface area contributed by atoms with Crippen molar-refractivity contribution in [1.29, 1.82) is 0 Å². The lowest BCUT2D eigenvalue weighted by Gasteiger charge is -2.04. The van der Waals surface area contributed by atoms with Gasteiger partial charge in [0.05, 0.1) is 16.3 Å². The first kappa shape index (κ1) is 10.7. The van der Waals surface area contributed by atoms with Crippen LogP contribution < -0.4 is 0 Å². The van der Waals surface area contributed by atoms with E-state index in [4.69, 9.17) is 0 Å². The van der Waals surface area contributed by atoms with Gasteiger partial charge in [0.15, 0.2) is 0 Å². The first-order valence-electron chi connectivity index (χ1n) is 4.88. The van der Waals surface area contributed by atoms with E-state index in [2.05, 4.69) is 65.9 Å². The summed E-state index contributed by atoms with van der Waals surface area (Å²) in [7, 11) is 0. The fraction of sp³-hybridized carbons (Fsp3) is 0.250. The van der Waals surface area contributed by atoms with Crippen molar-refractivity contribution in [3.05, 3.63) is 50.9 Å². The number of halogens is 1. The van der Waals surface area contributed by atoms with Crippen LogP contribution in [0.2, 0.25) is 0 Å². The van der Waals surface area contributed by atoms with E-state index in [-0.39, 0.29) is 0 Å². The predicted molar refractivity (Wildman–Crippen MR) is 70.0 cm³/mol. The molecular weight excluding hydrogens is 299 g/mol. The number of nitrogens with zero attached hydrogens (tertiary/aromatic N) is 2. The molecule has 3 heteroatoms. The van der Waals surface area contributed by atoms with E-state index in [9.17, 15) is 0 Å². The second kappa shape index (κ2) is 4.35. The molecule has 2 aromatic rings. The van der Waals surface area contributed by atoms with Gasteiger partial charge in [0.1, 0.15) is 0 Å². The second-order valence-corrected chi connectivity index (χ2v) is 5.10. The Balaban J connectivity index is 2.24. The molecule has 0 radical (unpaired) electrons. The third kappa shape index (κ3) is 2.81. The summed E-state index contributed by atoms with van der Waals surface area (Å²) in [4.78, 5) is 0. The van der Waals surface area contributed by atoms with Crippen molar-refractivity contribution in [2.24, 2.45) is 0 Å². The average molecular weight is 312 g/mol. The van der Waals surface area contributed by atoms with Crippen molar-refractivity contribution in [3.8, 4) is 0 Å². The summed E-state index contributed by atoms with van der Waals surface area (Å²) in [5, 5.41) is 4.28. The summed E-state index contributed by atoms with van der Waals surface area (Å²) >= 11 is 2.27. The molecule has 2 nitrogen and oxygen atoms in total. The standard InChI is InChI=1S/C12H13IN2/c1-9-3-10(2)5-11(4-9)7-15-8-12(13)6-14-15/h3-6,8H,7H2,1-2H3. The Bertz CT molecular complexity index is 454. The Morgan fingerprint density at radius 2 is 1.87 bits per heavy atom. The van der Waals surface area contributed by atoms with Gasteiger partial charge in [0.25, 0.3) is 0 Å². The van der Waals surface area contributed by atoms with Gasteiger partial charge in [-0.05, 0) is 42.0 Å². The Morgan fingerprint density at radius 3 is 2.40 bits per heavy atom. The Labute approximate surface area is 103 Å². The van der Waals surface area contributed by atoms with Gasteiger partial charge in [-0.15, -0.1) is 0 Å². The smallest absolute Gasteiger partial charge is 0.0660 e. The Morgan fingerprint density at radius 1 is 1.20 bits per heavy atom. The van der Waals surface area contributed by atoms with Gasteiger partial charge in [0.2, 0.25) is 0 Å². The van der Waals surface area contributed by atoms with Crippen LogP contribution in [-0.4, -0.2) is 9.78 Å². The maximum absolute atomic E-state index is 4.28. The minimum atomic E-state index is 0.853. The van der Waals surface area contributed by atoms with Gasteiger partial charge < -0.3 is 0 Å². The molecule has 1 aromatic carbocycles. The van der Waals surface area contributed by atoms with Crippen LogP contribution in [0.1, 0.15) is 16.7 Å². The third-order valence-corrected chi connectivity index (χ3v) is 2.78. The van der Waals surface area contributed by atoms with Crippen molar-refractivity contribution >= 4 is 22.6 Å². The molecule has 1 heterocycles. The van der Waals surface area contributed by atoms with Crippen LogP contribution in [-0.2, 0) is 6.54 Å². The van der Waals surface area contributed by atoms with E-state index in [1.54, 1.807) is 0 Å². The highest BCUT2D eigenvalue weighted by molar-refractivity contribution is 14.1. The normalized spacial score (nSPS) is 10.6. The van der Waals surface area contributed by atoms with E-state index >= 15 is 0 Å². The van der Waals surface area contributed by atoms with Crippen LogP contribution in [0.3, 0.4) is 0 Å². The lowest BCUT2D eigenvalue weighted by Crippen LogP contribution is -2.00. The summed E-state index contributed by atoms with van der Waals surface area (Å²) in [5.74, 6) is 0. The van der Waals surface area contributed by atoms with E-state index in [1.165, 1.54) is 20.3 Å². The highest BCUT2D eigenvalue weighted by Gasteiger charge is 1.99. The summed E-state index contributed by atoms with van der Waals surface area (Å²) in [6, 6.07) is 6.61. The number of aromatic nitrogens is 2. The lowest BCUT2D eigenvalue weighted by molar-refractivity contribution is 0.686. The van der Waals surface area contributed by atoms with Gasteiger partial charge in [-0.3, -0.25) is 4.68 Å². The topological polar surface area (TPSA) is 17.8 Å². The quantitative estimate of drug-likeness (QED) is 0.779. The molecule has 0 saturated heterocycles. The van der Waals surface area contributed by atoms with E-state index in [0.29, 0.717) is 0 Å². The summed E-state index contributed by atoms with van der Waals surface area (Å²) in [6.07, 6.45) is 3.93. The van der Waals surface area contributed by atoms with E-state index in [0.717, 1.165) is 6.54 Å². The van der Waals surface area contributed by atoms with Crippen molar-refractivity contribution < 1.29 is 0 Å². The van der Waals surface area contributed by atoms with Crippen LogP contribution in [0.15, 0.2) is 30.6 Å². The van der Waals surface area contributed by atoms with Gasteiger partial charge in [-0.2, -0.15) is 5.10 Å². The van der Waals surface area contributed by atoms with Crippen LogP contribution in [0, 0.1) is 17.4 Å². The van der Waals surface area contributed by atoms with Crippen molar-refractivity contribution in [2.75, 3.05) is 0 Å². The summed E-state index contributed by atoms with van der Waals surface area (Å²) in [5.41, 5.74) is 3.94. The first-order valence-corrected chi connectivity index (χ1v) is 5.96. The van der Waals surface area contributed by atoms with E-state index in [1.807, 2.05) is 10.9 Å². The second-order valence-electron chi connectivity index (χ2n) is 3.85. The van der Waals surface area contributed by atoms with Crippen LogP contribution >= 0.6 is 22.6 Å². The maximum atomic E-state index is 4.28. The maximum Gasteiger partial charge on any atom is 0.0660 e. The molecule has 15 heavy (non-hydrogen) atoms. The molecule has 0 N–H and O–H groups in total. The molecule has 0 saturated carbocycles. The zero-order valence-corrected chi connectivity index (χ0v) is 11.0. The summed E-state index contributed by atoms with van der Waals surface area (Å²) in [6.45, 7) is 5.11. The highest BCUT2D eigenvalue weighted by Crippen LogP contribution is 2.11. The number of hydrogen-bond acceptors (Lipinski definition) is 1. The molecule has 0 aliphatic heterocycles. The fourth-order valence-electron chi connectivity index (χ4n) is 1.77. The number of hydrogen-bond donors (Lipinski definition) is 0. The Kier molecular flexibility index (Phi) is 3.09. The van der Waals surface area contributed by atoms with Gasteiger partial charge >= 0.3 is 0 Å². The lowest BCUT2D eigenvalue weighted by atomic mass is 10.1. The van der Waals surface area contributed by atoms with Gasteiger partial charge in [-0.25, -0.2) is 0 Å². The first-order chi connectivity index (χ1) is 7.13. The molecule has 0 fully saturated rings. The number of benzene rings is 1. The molecule has 0 amide bonds. The van der Waals surface area contributed by atoms with Crippen LogP contribution in [0.4, 0.5) is 0 Å². The van der Waals surface area contributed by atoms with Gasteiger partial charge in [-0.1, -0.05) is 29.3 Å². The largest absolute Gasteiger partial charge is 0.267 e. The average Bonchev–Trinajstić information content (AvgIpc) is 2.49. The SMILES string of the molecule is Cc1cc(C)cc(Cn2cc(I)cn2)c1. The molecule has 0 aliphatic carbocycles. The van der Waals surface area contributed by atoms with Crippen LogP contribution in [0.25, 0.3) is 0 Å². The minimum absolute atomic E-state index is 0.853. The van der Waals surface area contributed by atoms with E-state index < -0.39 is 0 Å². The fourth-order valence-corrected chi connectivity index (χ4v) is 2.22. The molecule has 0 aliphatic rings. The molecule has 0 spiro atoms. The molecule has 0 bridgehead atoms. The Hall–Kier alpha value is -0.840. The predicted octanol–water partition coefficient (Wildman–Crippen LogP) is 3.15. The van der Waals surface area contributed by atoms with Crippen molar-refractivity contribution in [1.82, 2.24) is 9.78 Å². The molecule has 78 valence electrons. The highest BCUT2D eigenvalue weighted by atomic mass is 127. The van der Waals surface area contributed by atoms with Crippen molar-refractivity contribution in [2.45, 2.75) is 20.4 Å². The monoisotopic (exact) mass is 312 g/mol. The molecule has 2 rings (SSSR count). The minimum Gasteiger partial charge on any atom is -0.267 e.